The summed E-state index contributed by atoms with van der Waals surface area (Å²) in [4.78, 5) is 11.8. The molecule has 0 spiro atoms. The summed E-state index contributed by atoms with van der Waals surface area (Å²) in [5, 5.41) is 15.2. The Morgan fingerprint density at radius 3 is 2.50 bits per heavy atom. The molecule has 1 aliphatic heterocycles. The van der Waals surface area contributed by atoms with E-state index >= 15 is 0 Å². The number of fused-ring (bicyclic) bond motifs is 1. The van der Waals surface area contributed by atoms with Crippen LogP contribution in [-0.4, -0.2) is 73.5 Å². The van der Waals surface area contributed by atoms with E-state index in [0.29, 0.717) is 34.7 Å². The van der Waals surface area contributed by atoms with Gasteiger partial charge in [0.25, 0.3) is 0 Å². The second kappa shape index (κ2) is 11.6. The van der Waals surface area contributed by atoms with Crippen LogP contribution in [0, 0.1) is 0 Å². The molecule has 40 heavy (non-hydrogen) atoms. The highest BCUT2D eigenvalue weighted by Gasteiger charge is 2.24. The van der Waals surface area contributed by atoms with Gasteiger partial charge < -0.3 is 34.5 Å². The van der Waals surface area contributed by atoms with E-state index in [9.17, 15) is 0 Å². The van der Waals surface area contributed by atoms with Crippen LogP contribution in [0.3, 0.4) is 0 Å². The van der Waals surface area contributed by atoms with Gasteiger partial charge in [-0.15, -0.1) is 0 Å². The molecule has 11 nitrogen and oxygen atoms in total. The molecule has 2 aromatic heterocycles. The Labute approximate surface area is 233 Å². The summed E-state index contributed by atoms with van der Waals surface area (Å²) in [6.07, 6.45) is 4.45. The zero-order valence-electron chi connectivity index (χ0n) is 23.1. The summed E-state index contributed by atoms with van der Waals surface area (Å²) < 4.78 is 23.1. The molecular weight excluding hydrogens is 510 g/mol. The summed E-state index contributed by atoms with van der Waals surface area (Å²) in [5.41, 5.74) is 4.12. The number of nitrogens with one attached hydrogen (secondary N) is 3. The highest BCUT2D eigenvalue weighted by Crippen LogP contribution is 2.38. The van der Waals surface area contributed by atoms with Crippen molar-refractivity contribution in [2.24, 2.45) is 0 Å². The SMILES string of the molecule is COc1ccc(-c2n[nH]c3nc(Nc4ccc(N5CCNCC5OC)cc4)nc(OC4CCCC4)c23)cc1OC. The Morgan fingerprint density at radius 2 is 1.75 bits per heavy atom. The minimum Gasteiger partial charge on any atom is -0.493 e. The van der Waals surface area contributed by atoms with Gasteiger partial charge in [-0.25, -0.2) is 0 Å². The highest BCUT2D eigenvalue weighted by molar-refractivity contribution is 5.95. The average molecular weight is 546 g/mol. The van der Waals surface area contributed by atoms with Gasteiger partial charge in [-0.2, -0.15) is 15.1 Å². The molecule has 1 atom stereocenters. The molecule has 0 bridgehead atoms. The molecule has 3 N–H and O–H groups in total. The molecule has 1 saturated carbocycles. The van der Waals surface area contributed by atoms with E-state index in [2.05, 4.69) is 37.9 Å². The summed E-state index contributed by atoms with van der Waals surface area (Å²) in [6, 6.07) is 13.9. The molecule has 0 amide bonds. The third-order valence-corrected chi connectivity index (χ3v) is 7.55. The molecule has 210 valence electrons. The lowest BCUT2D eigenvalue weighted by molar-refractivity contribution is 0.0881. The number of aromatic amines is 1. The normalized spacial score (nSPS) is 17.8. The van der Waals surface area contributed by atoms with Crippen LogP contribution < -0.4 is 29.7 Å². The Morgan fingerprint density at radius 1 is 0.950 bits per heavy atom. The van der Waals surface area contributed by atoms with Crippen molar-refractivity contribution < 1.29 is 18.9 Å². The second-order valence-corrected chi connectivity index (χ2v) is 10.0. The number of methoxy groups -OCH3 is 3. The smallest absolute Gasteiger partial charge is 0.232 e. The highest BCUT2D eigenvalue weighted by atomic mass is 16.5. The fraction of sp³-hybridized carbons (Fsp3) is 0.414. The lowest BCUT2D eigenvalue weighted by Crippen LogP contribution is -2.52. The van der Waals surface area contributed by atoms with Crippen LogP contribution in [-0.2, 0) is 4.74 Å². The van der Waals surface area contributed by atoms with Crippen molar-refractivity contribution in [2.45, 2.75) is 38.0 Å². The van der Waals surface area contributed by atoms with Crippen molar-refractivity contribution in [3.05, 3.63) is 42.5 Å². The minimum absolute atomic E-state index is 0.00818. The predicted octanol–water partition coefficient (Wildman–Crippen LogP) is 4.48. The van der Waals surface area contributed by atoms with Crippen molar-refractivity contribution in [1.29, 1.82) is 0 Å². The van der Waals surface area contributed by atoms with Gasteiger partial charge in [0, 0.05) is 43.7 Å². The van der Waals surface area contributed by atoms with E-state index in [0.717, 1.165) is 67.6 Å². The van der Waals surface area contributed by atoms with Crippen molar-refractivity contribution >= 4 is 28.4 Å². The zero-order valence-corrected chi connectivity index (χ0v) is 23.1. The van der Waals surface area contributed by atoms with Crippen molar-refractivity contribution in [2.75, 3.05) is 51.2 Å². The first-order valence-corrected chi connectivity index (χ1v) is 13.7. The molecule has 11 heteroatoms. The van der Waals surface area contributed by atoms with Gasteiger partial charge in [-0.3, -0.25) is 5.10 Å². The van der Waals surface area contributed by atoms with Crippen molar-refractivity contribution in [1.82, 2.24) is 25.5 Å². The maximum atomic E-state index is 6.48. The van der Waals surface area contributed by atoms with Crippen LogP contribution in [0.2, 0.25) is 0 Å². The van der Waals surface area contributed by atoms with Gasteiger partial charge in [0.1, 0.15) is 23.4 Å². The van der Waals surface area contributed by atoms with Gasteiger partial charge in [0.05, 0.1) is 14.2 Å². The van der Waals surface area contributed by atoms with Crippen LogP contribution in [0.5, 0.6) is 17.4 Å². The molecule has 2 aromatic carbocycles. The fourth-order valence-electron chi connectivity index (χ4n) is 5.45. The standard InChI is InChI=1S/C29H35N7O4/c1-37-22-13-8-18(16-23(22)38-2)26-25-27(35-34-26)32-29(33-28(25)40-21-6-4-5-7-21)31-19-9-11-20(12-10-19)36-15-14-30-17-24(36)39-3/h8-13,16,21,24,30H,4-7,14-15,17H2,1-3H3,(H2,31,32,33,34,35). The number of piperazine rings is 1. The largest absolute Gasteiger partial charge is 0.493 e. The maximum Gasteiger partial charge on any atom is 0.232 e. The number of anilines is 3. The van der Waals surface area contributed by atoms with E-state index in [1.807, 2.05) is 30.3 Å². The van der Waals surface area contributed by atoms with Gasteiger partial charge in [-0.05, 0) is 68.1 Å². The number of rotatable bonds is 9. The molecular formula is C29H35N7O4. The summed E-state index contributed by atoms with van der Waals surface area (Å²) in [5.74, 6) is 2.22. The number of nitrogens with zero attached hydrogens (tertiary/aromatic N) is 4. The van der Waals surface area contributed by atoms with Crippen LogP contribution in [0.1, 0.15) is 25.7 Å². The van der Waals surface area contributed by atoms with Gasteiger partial charge in [-0.1, -0.05) is 0 Å². The van der Waals surface area contributed by atoms with Crippen LogP contribution in [0.25, 0.3) is 22.3 Å². The van der Waals surface area contributed by atoms with E-state index < -0.39 is 0 Å². The number of hydrogen-bond acceptors (Lipinski definition) is 10. The third-order valence-electron chi connectivity index (χ3n) is 7.55. The zero-order chi connectivity index (χ0) is 27.5. The van der Waals surface area contributed by atoms with E-state index in [-0.39, 0.29) is 12.3 Å². The average Bonchev–Trinajstić information content (AvgIpc) is 3.67. The third kappa shape index (κ3) is 5.22. The molecule has 3 heterocycles. The Kier molecular flexibility index (Phi) is 7.56. The molecule has 2 fully saturated rings. The monoisotopic (exact) mass is 545 g/mol. The van der Waals surface area contributed by atoms with Crippen molar-refractivity contribution in [3.63, 3.8) is 0 Å². The topological polar surface area (TPSA) is 119 Å². The Hall–Kier alpha value is -4.09. The van der Waals surface area contributed by atoms with Crippen LogP contribution in [0.4, 0.5) is 17.3 Å². The summed E-state index contributed by atoms with van der Waals surface area (Å²) in [7, 11) is 4.98. The second-order valence-electron chi connectivity index (χ2n) is 10.0. The number of hydrogen-bond donors (Lipinski definition) is 3. The van der Waals surface area contributed by atoms with Crippen LogP contribution in [0.15, 0.2) is 42.5 Å². The quantitative estimate of drug-likeness (QED) is 0.278. The van der Waals surface area contributed by atoms with Gasteiger partial charge >= 0.3 is 0 Å². The maximum absolute atomic E-state index is 6.48. The molecule has 6 rings (SSSR count). The Balaban J connectivity index is 1.32. The predicted molar refractivity (Wildman–Crippen MR) is 154 cm³/mol. The lowest BCUT2D eigenvalue weighted by atomic mass is 10.1. The van der Waals surface area contributed by atoms with E-state index in [1.54, 1.807) is 21.3 Å². The minimum atomic E-state index is 0.00818. The Bertz CT molecular complexity index is 1450. The van der Waals surface area contributed by atoms with Crippen molar-refractivity contribution in [3.8, 4) is 28.6 Å². The number of benzene rings is 2. The molecule has 4 aromatic rings. The molecule has 1 aliphatic carbocycles. The molecule has 1 unspecified atom stereocenters. The van der Waals surface area contributed by atoms with E-state index in [4.69, 9.17) is 28.9 Å². The number of ether oxygens (including phenoxy) is 4. The first kappa shape index (κ1) is 26.1. The van der Waals surface area contributed by atoms with Gasteiger partial charge in [0.2, 0.25) is 11.8 Å². The molecule has 1 saturated heterocycles. The van der Waals surface area contributed by atoms with Crippen LogP contribution >= 0.6 is 0 Å². The first-order chi connectivity index (χ1) is 19.7. The van der Waals surface area contributed by atoms with E-state index in [1.165, 1.54) is 0 Å². The summed E-state index contributed by atoms with van der Waals surface area (Å²) >= 11 is 0. The molecule has 0 radical (unpaired) electrons. The number of aromatic nitrogens is 4. The lowest BCUT2D eigenvalue weighted by Gasteiger charge is -2.36. The number of H-pyrrole nitrogens is 1. The molecule has 2 aliphatic rings. The first-order valence-electron chi connectivity index (χ1n) is 13.7. The fourth-order valence-corrected chi connectivity index (χ4v) is 5.45. The van der Waals surface area contributed by atoms with Gasteiger partial charge in [0.15, 0.2) is 17.1 Å². The summed E-state index contributed by atoms with van der Waals surface area (Å²) in [6.45, 7) is 2.60.